The first-order valence-corrected chi connectivity index (χ1v) is 10.3. The summed E-state index contributed by atoms with van der Waals surface area (Å²) in [6, 6.07) is 4.51. The molecule has 2 aliphatic rings. The van der Waals surface area contributed by atoms with Gasteiger partial charge in [0.2, 0.25) is 11.8 Å². The number of piperidine rings is 2. The molecule has 2 aromatic rings. The molecule has 0 bridgehead atoms. The van der Waals surface area contributed by atoms with E-state index in [0.717, 1.165) is 5.92 Å². The first-order valence-electron chi connectivity index (χ1n) is 10.3. The number of fused-ring (bicyclic) bond motifs is 1. The SMILES string of the molecule is CC1CCCNC1.Cn1c(=O)n(C2CCC(=O)NC2=O)c2cccc(C#CCO)c21. The smallest absolute Gasteiger partial charge is 0.329 e. The highest BCUT2D eigenvalue weighted by Crippen LogP contribution is 2.24. The van der Waals surface area contributed by atoms with Crippen molar-refractivity contribution >= 4 is 22.8 Å². The number of benzene rings is 1. The van der Waals surface area contributed by atoms with Crippen LogP contribution in [-0.2, 0) is 16.6 Å². The van der Waals surface area contributed by atoms with E-state index in [1.165, 1.54) is 35.1 Å². The molecular formula is C22H28N4O4. The Morgan fingerprint density at radius 2 is 2.03 bits per heavy atom. The van der Waals surface area contributed by atoms with E-state index in [1.54, 1.807) is 25.2 Å². The molecule has 2 amide bonds. The second-order valence-electron chi connectivity index (χ2n) is 7.76. The molecule has 0 saturated carbocycles. The van der Waals surface area contributed by atoms with Crippen LogP contribution in [0.4, 0.5) is 0 Å². The average molecular weight is 412 g/mol. The molecule has 3 heterocycles. The van der Waals surface area contributed by atoms with Crippen LogP contribution in [0.5, 0.6) is 0 Å². The van der Waals surface area contributed by atoms with E-state index in [0.29, 0.717) is 16.6 Å². The summed E-state index contributed by atoms with van der Waals surface area (Å²) >= 11 is 0. The largest absolute Gasteiger partial charge is 0.384 e. The normalized spacial score (nSPS) is 21.3. The molecule has 8 nitrogen and oxygen atoms in total. The van der Waals surface area contributed by atoms with E-state index >= 15 is 0 Å². The van der Waals surface area contributed by atoms with Gasteiger partial charge in [-0.3, -0.25) is 24.0 Å². The highest BCUT2D eigenvalue weighted by Gasteiger charge is 2.31. The van der Waals surface area contributed by atoms with Gasteiger partial charge in [-0.2, -0.15) is 0 Å². The van der Waals surface area contributed by atoms with Gasteiger partial charge in [0.1, 0.15) is 12.6 Å². The Morgan fingerprint density at radius 1 is 1.23 bits per heavy atom. The van der Waals surface area contributed by atoms with Crippen LogP contribution in [0.15, 0.2) is 23.0 Å². The van der Waals surface area contributed by atoms with E-state index in [-0.39, 0.29) is 31.0 Å². The fraction of sp³-hybridized carbons (Fsp3) is 0.500. The number of hydrogen-bond donors (Lipinski definition) is 3. The van der Waals surface area contributed by atoms with Crippen molar-refractivity contribution in [1.29, 1.82) is 0 Å². The maximum atomic E-state index is 12.6. The van der Waals surface area contributed by atoms with Crippen LogP contribution in [0.1, 0.15) is 44.2 Å². The monoisotopic (exact) mass is 412 g/mol. The molecule has 2 aliphatic heterocycles. The molecule has 0 radical (unpaired) electrons. The molecular weight excluding hydrogens is 384 g/mol. The topological polar surface area (TPSA) is 105 Å². The molecule has 1 aromatic heterocycles. The van der Waals surface area contributed by atoms with Gasteiger partial charge in [-0.05, 0) is 50.4 Å². The average Bonchev–Trinajstić information content (AvgIpc) is 2.99. The Bertz CT molecular complexity index is 1050. The number of rotatable bonds is 1. The maximum Gasteiger partial charge on any atom is 0.329 e. The highest BCUT2D eigenvalue weighted by atomic mass is 16.2. The third-order valence-electron chi connectivity index (χ3n) is 5.47. The maximum absolute atomic E-state index is 12.6. The zero-order valence-corrected chi connectivity index (χ0v) is 17.4. The number of aliphatic hydroxyl groups is 1. The fourth-order valence-electron chi connectivity index (χ4n) is 3.93. The van der Waals surface area contributed by atoms with Gasteiger partial charge in [-0.1, -0.05) is 24.8 Å². The minimum atomic E-state index is -0.718. The predicted octanol–water partition coefficient (Wildman–Crippen LogP) is 0.667. The number of aryl methyl sites for hydroxylation is 1. The van der Waals surface area contributed by atoms with E-state index in [1.807, 2.05) is 0 Å². The van der Waals surface area contributed by atoms with Crippen molar-refractivity contribution in [2.24, 2.45) is 13.0 Å². The summed E-state index contributed by atoms with van der Waals surface area (Å²) < 4.78 is 2.83. The van der Waals surface area contributed by atoms with Gasteiger partial charge in [-0.15, -0.1) is 0 Å². The molecule has 3 N–H and O–H groups in total. The second-order valence-corrected chi connectivity index (χ2v) is 7.76. The minimum Gasteiger partial charge on any atom is -0.384 e. The van der Waals surface area contributed by atoms with E-state index in [9.17, 15) is 14.4 Å². The van der Waals surface area contributed by atoms with Crippen LogP contribution < -0.4 is 16.3 Å². The van der Waals surface area contributed by atoms with Gasteiger partial charge in [0, 0.05) is 13.5 Å². The molecule has 30 heavy (non-hydrogen) atoms. The number of carbonyl (C=O) groups is 2. The molecule has 0 spiro atoms. The van der Waals surface area contributed by atoms with E-state index in [4.69, 9.17) is 5.11 Å². The van der Waals surface area contributed by atoms with Gasteiger partial charge in [0.05, 0.1) is 16.6 Å². The van der Waals surface area contributed by atoms with Crippen molar-refractivity contribution in [2.75, 3.05) is 19.7 Å². The van der Waals surface area contributed by atoms with Crippen LogP contribution in [0.25, 0.3) is 11.0 Å². The molecule has 4 rings (SSSR count). The summed E-state index contributed by atoms with van der Waals surface area (Å²) in [5.74, 6) is 5.51. The van der Waals surface area contributed by atoms with Crippen LogP contribution in [-0.4, -0.2) is 45.8 Å². The third kappa shape index (κ3) is 4.64. The van der Waals surface area contributed by atoms with Crippen LogP contribution in [0.3, 0.4) is 0 Å². The lowest BCUT2D eigenvalue weighted by Gasteiger charge is -2.21. The fourth-order valence-corrected chi connectivity index (χ4v) is 3.93. The zero-order chi connectivity index (χ0) is 21.7. The summed E-state index contributed by atoms with van der Waals surface area (Å²) in [5, 5.41) is 14.5. The number of para-hydroxylation sites is 1. The van der Waals surface area contributed by atoms with Crippen molar-refractivity contribution < 1.29 is 14.7 Å². The number of nitrogens with zero attached hydrogens (tertiary/aromatic N) is 2. The van der Waals surface area contributed by atoms with Gasteiger partial charge >= 0.3 is 5.69 Å². The molecule has 160 valence electrons. The number of imidazole rings is 1. The van der Waals surface area contributed by atoms with Crippen molar-refractivity contribution in [3.8, 4) is 11.8 Å². The molecule has 0 aliphatic carbocycles. The number of amides is 2. The van der Waals surface area contributed by atoms with Gasteiger partial charge in [0.15, 0.2) is 0 Å². The lowest BCUT2D eigenvalue weighted by Crippen LogP contribution is -2.44. The molecule has 2 unspecified atom stereocenters. The van der Waals surface area contributed by atoms with Gasteiger partial charge in [0.25, 0.3) is 0 Å². The van der Waals surface area contributed by atoms with Crippen molar-refractivity contribution in [3.63, 3.8) is 0 Å². The quantitative estimate of drug-likeness (QED) is 0.472. The van der Waals surface area contributed by atoms with Crippen molar-refractivity contribution in [2.45, 2.75) is 38.6 Å². The minimum absolute atomic E-state index is 0.198. The Kier molecular flexibility index (Phi) is 7.08. The van der Waals surface area contributed by atoms with Crippen molar-refractivity contribution in [1.82, 2.24) is 19.8 Å². The van der Waals surface area contributed by atoms with E-state index < -0.39 is 11.9 Å². The lowest BCUT2D eigenvalue weighted by molar-refractivity contribution is -0.135. The first-order chi connectivity index (χ1) is 14.4. The Balaban J connectivity index is 0.000000310. The molecule has 2 fully saturated rings. The van der Waals surface area contributed by atoms with Crippen LogP contribution in [0.2, 0.25) is 0 Å². The summed E-state index contributed by atoms with van der Waals surface area (Å²) in [6.45, 7) is 4.49. The lowest BCUT2D eigenvalue weighted by atomic mass is 10.0. The molecule has 8 heteroatoms. The Hall–Kier alpha value is -2.89. The summed E-state index contributed by atoms with van der Waals surface area (Å²) in [7, 11) is 1.61. The number of aromatic nitrogens is 2. The predicted molar refractivity (Wildman–Crippen MR) is 114 cm³/mol. The number of aliphatic hydroxyl groups excluding tert-OH is 1. The first kappa shape index (κ1) is 21.8. The summed E-state index contributed by atoms with van der Waals surface area (Å²) in [5.41, 5.74) is 1.44. The number of carbonyl (C=O) groups excluding carboxylic acids is 2. The van der Waals surface area contributed by atoms with Crippen LogP contribution >= 0.6 is 0 Å². The number of hydrogen-bond acceptors (Lipinski definition) is 5. The number of nitrogens with one attached hydrogen (secondary N) is 2. The standard InChI is InChI=1S/C16H15N3O4.C6H13N/c1-18-14-10(5-3-9-20)4-2-6-11(14)19(16(18)23)12-7-8-13(21)17-15(12)22;1-6-3-2-4-7-5-6/h2,4,6,12,20H,7-9H2,1H3,(H,17,21,22);6-7H,2-5H2,1H3. The third-order valence-corrected chi connectivity index (χ3v) is 5.47. The Morgan fingerprint density at radius 3 is 2.63 bits per heavy atom. The highest BCUT2D eigenvalue weighted by molar-refractivity contribution is 6.00. The van der Waals surface area contributed by atoms with Gasteiger partial charge in [-0.25, -0.2) is 4.79 Å². The number of imide groups is 1. The van der Waals surface area contributed by atoms with Gasteiger partial charge < -0.3 is 10.4 Å². The van der Waals surface area contributed by atoms with Crippen LogP contribution in [0, 0.1) is 17.8 Å². The molecule has 1 aromatic carbocycles. The zero-order valence-electron chi connectivity index (χ0n) is 17.4. The van der Waals surface area contributed by atoms with E-state index in [2.05, 4.69) is 29.4 Å². The molecule has 2 saturated heterocycles. The van der Waals surface area contributed by atoms with Crippen molar-refractivity contribution in [3.05, 3.63) is 34.2 Å². The molecule has 2 atom stereocenters. The summed E-state index contributed by atoms with van der Waals surface area (Å²) in [4.78, 5) is 36.0. The summed E-state index contributed by atoms with van der Waals surface area (Å²) in [6.07, 6.45) is 3.29. The Labute approximate surface area is 175 Å². The second kappa shape index (κ2) is 9.74.